The van der Waals surface area contributed by atoms with Gasteiger partial charge in [-0.1, -0.05) is 12.8 Å². The van der Waals surface area contributed by atoms with Gasteiger partial charge in [0.2, 0.25) is 0 Å². The van der Waals surface area contributed by atoms with E-state index in [-0.39, 0.29) is 0 Å². The first-order valence-corrected chi connectivity index (χ1v) is 7.75. The minimum atomic E-state index is 0.836. The van der Waals surface area contributed by atoms with Crippen LogP contribution in [0.1, 0.15) is 58.8 Å². The highest BCUT2D eigenvalue weighted by Gasteiger charge is 2.20. The van der Waals surface area contributed by atoms with Gasteiger partial charge in [-0.05, 0) is 72.1 Å². The van der Waals surface area contributed by atoms with Crippen molar-refractivity contribution in [2.45, 2.75) is 70.9 Å². The standard InChI is InChI=1S/C15H30N2/c1-14-8-3-5-10-16(14)12-7-13-17-11-6-4-9-15(17)2/h14-15H,3-13H2,1-2H3. The molecule has 0 spiro atoms. The number of hydrogen-bond donors (Lipinski definition) is 0. The highest BCUT2D eigenvalue weighted by Crippen LogP contribution is 2.18. The van der Waals surface area contributed by atoms with Crippen molar-refractivity contribution in [3.8, 4) is 0 Å². The maximum Gasteiger partial charge on any atom is 0.00669 e. The smallest absolute Gasteiger partial charge is 0.00669 e. The second-order valence-corrected chi connectivity index (χ2v) is 6.12. The van der Waals surface area contributed by atoms with Crippen LogP contribution in [-0.2, 0) is 0 Å². The monoisotopic (exact) mass is 238 g/mol. The lowest BCUT2D eigenvalue weighted by Gasteiger charge is -2.36. The molecule has 0 aliphatic carbocycles. The third-order valence-electron chi connectivity index (χ3n) is 4.77. The van der Waals surface area contributed by atoms with Crippen LogP contribution in [0.15, 0.2) is 0 Å². The molecule has 2 unspecified atom stereocenters. The Hall–Kier alpha value is -0.0800. The van der Waals surface area contributed by atoms with E-state index in [0.717, 1.165) is 12.1 Å². The quantitative estimate of drug-likeness (QED) is 0.742. The van der Waals surface area contributed by atoms with Crippen LogP contribution >= 0.6 is 0 Å². The van der Waals surface area contributed by atoms with E-state index in [0.29, 0.717) is 0 Å². The van der Waals surface area contributed by atoms with Crippen LogP contribution in [0, 0.1) is 0 Å². The van der Waals surface area contributed by atoms with Gasteiger partial charge in [0.15, 0.2) is 0 Å². The molecule has 2 heterocycles. The van der Waals surface area contributed by atoms with Crippen molar-refractivity contribution in [1.82, 2.24) is 9.80 Å². The van der Waals surface area contributed by atoms with Crippen LogP contribution in [0.25, 0.3) is 0 Å². The third-order valence-corrected chi connectivity index (χ3v) is 4.77. The molecule has 2 nitrogen and oxygen atoms in total. The van der Waals surface area contributed by atoms with Crippen molar-refractivity contribution in [1.29, 1.82) is 0 Å². The largest absolute Gasteiger partial charge is 0.301 e. The van der Waals surface area contributed by atoms with Crippen molar-refractivity contribution in [3.05, 3.63) is 0 Å². The average molecular weight is 238 g/mol. The molecule has 0 radical (unpaired) electrons. The van der Waals surface area contributed by atoms with E-state index in [4.69, 9.17) is 0 Å². The minimum Gasteiger partial charge on any atom is -0.301 e. The number of nitrogens with zero attached hydrogens (tertiary/aromatic N) is 2. The number of piperidine rings is 2. The van der Waals surface area contributed by atoms with Gasteiger partial charge < -0.3 is 9.80 Å². The zero-order chi connectivity index (χ0) is 12.1. The summed E-state index contributed by atoms with van der Waals surface area (Å²) in [6.45, 7) is 10.1. The molecule has 2 rings (SSSR count). The summed E-state index contributed by atoms with van der Waals surface area (Å²) in [5.74, 6) is 0. The Balaban J connectivity index is 1.64. The first-order chi connectivity index (χ1) is 8.27. The fraction of sp³-hybridized carbons (Fsp3) is 1.00. The predicted octanol–water partition coefficient (Wildman–Crippen LogP) is 3.13. The van der Waals surface area contributed by atoms with Gasteiger partial charge in [0.1, 0.15) is 0 Å². The van der Waals surface area contributed by atoms with E-state index in [1.165, 1.54) is 71.1 Å². The molecule has 17 heavy (non-hydrogen) atoms. The fourth-order valence-electron chi connectivity index (χ4n) is 3.46. The second-order valence-electron chi connectivity index (χ2n) is 6.12. The summed E-state index contributed by atoms with van der Waals surface area (Å²) in [5.41, 5.74) is 0. The van der Waals surface area contributed by atoms with E-state index in [2.05, 4.69) is 23.6 Å². The fourth-order valence-corrected chi connectivity index (χ4v) is 3.46. The first-order valence-electron chi connectivity index (χ1n) is 7.75. The van der Waals surface area contributed by atoms with Crippen molar-refractivity contribution in [2.24, 2.45) is 0 Å². The molecule has 0 amide bonds. The van der Waals surface area contributed by atoms with Gasteiger partial charge in [-0.15, -0.1) is 0 Å². The summed E-state index contributed by atoms with van der Waals surface area (Å²) in [6.07, 6.45) is 9.94. The summed E-state index contributed by atoms with van der Waals surface area (Å²) in [7, 11) is 0. The Kier molecular flexibility index (Phi) is 5.30. The third kappa shape index (κ3) is 3.96. The molecular formula is C15H30N2. The predicted molar refractivity (Wildman–Crippen MR) is 74.4 cm³/mol. The van der Waals surface area contributed by atoms with Crippen LogP contribution in [0.4, 0.5) is 0 Å². The van der Waals surface area contributed by atoms with E-state index in [9.17, 15) is 0 Å². The molecule has 0 saturated carbocycles. The molecule has 2 saturated heterocycles. The molecule has 2 aliphatic rings. The van der Waals surface area contributed by atoms with Crippen molar-refractivity contribution >= 4 is 0 Å². The molecule has 0 N–H and O–H groups in total. The van der Waals surface area contributed by atoms with E-state index in [1.807, 2.05) is 0 Å². The topological polar surface area (TPSA) is 6.48 Å². The van der Waals surface area contributed by atoms with E-state index in [1.54, 1.807) is 0 Å². The van der Waals surface area contributed by atoms with Gasteiger partial charge in [-0.2, -0.15) is 0 Å². The van der Waals surface area contributed by atoms with E-state index < -0.39 is 0 Å². The van der Waals surface area contributed by atoms with Crippen LogP contribution in [0.3, 0.4) is 0 Å². The van der Waals surface area contributed by atoms with Crippen LogP contribution in [0.2, 0.25) is 0 Å². The van der Waals surface area contributed by atoms with Gasteiger partial charge in [-0.3, -0.25) is 0 Å². The molecule has 0 aromatic rings. The summed E-state index contributed by atoms with van der Waals surface area (Å²) >= 11 is 0. The zero-order valence-corrected chi connectivity index (χ0v) is 11.8. The Labute approximate surface area is 107 Å². The van der Waals surface area contributed by atoms with Gasteiger partial charge in [0.25, 0.3) is 0 Å². The lowest BCUT2D eigenvalue weighted by atomic mass is 10.0. The van der Waals surface area contributed by atoms with Crippen LogP contribution < -0.4 is 0 Å². The maximum atomic E-state index is 2.71. The first kappa shape index (κ1) is 13.4. The SMILES string of the molecule is CC1CCCCN1CCCN1CCCCC1C. The Morgan fingerprint density at radius 1 is 0.765 bits per heavy atom. The molecule has 2 heteroatoms. The van der Waals surface area contributed by atoms with Crippen molar-refractivity contribution < 1.29 is 0 Å². The van der Waals surface area contributed by atoms with Gasteiger partial charge in [0.05, 0.1) is 0 Å². The van der Waals surface area contributed by atoms with E-state index >= 15 is 0 Å². The van der Waals surface area contributed by atoms with Gasteiger partial charge >= 0.3 is 0 Å². The Morgan fingerprint density at radius 2 is 1.24 bits per heavy atom. The zero-order valence-electron chi connectivity index (χ0n) is 11.8. The number of likely N-dealkylation sites (tertiary alicyclic amines) is 2. The maximum absolute atomic E-state index is 2.71. The summed E-state index contributed by atoms with van der Waals surface area (Å²) in [4.78, 5) is 5.41. The van der Waals surface area contributed by atoms with Crippen LogP contribution in [0.5, 0.6) is 0 Å². The van der Waals surface area contributed by atoms with Gasteiger partial charge in [-0.25, -0.2) is 0 Å². The molecule has 2 atom stereocenters. The normalized spacial score (nSPS) is 32.8. The average Bonchev–Trinajstić information content (AvgIpc) is 2.34. The minimum absolute atomic E-state index is 0.836. The highest BCUT2D eigenvalue weighted by molar-refractivity contribution is 4.76. The molecule has 2 aliphatic heterocycles. The molecule has 0 aromatic heterocycles. The summed E-state index contributed by atoms with van der Waals surface area (Å²) < 4.78 is 0. The molecular weight excluding hydrogens is 208 g/mol. The van der Waals surface area contributed by atoms with Crippen molar-refractivity contribution in [3.63, 3.8) is 0 Å². The second kappa shape index (κ2) is 6.75. The Morgan fingerprint density at radius 3 is 1.65 bits per heavy atom. The Bertz CT molecular complexity index is 195. The van der Waals surface area contributed by atoms with Gasteiger partial charge in [0, 0.05) is 12.1 Å². The highest BCUT2D eigenvalue weighted by atomic mass is 15.2. The lowest BCUT2D eigenvalue weighted by molar-refractivity contribution is 0.126. The molecule has 0 bridgehead atoms. The summed E-state index contributed by atoms with van der Waals surface area (Å²) in [6, 6.07) is 1.67. The molecule has 0 aromatic carbocycles. The van der Waals surface area contributed by atoms with Crippen LogP contribution in [-0.4, -0.2) is 48.1 Å². The lowest BCUT2D eigenvalue weighted by Crippen LogP contribution is -2.41. The van der Waals surface area contributed by atoms with Crippen molar-refractivity contribution in [2.75, 3.05) is 26.2 Å². The molecule has 2 fully saturated rings. The number of hydrogen-bond acceptors (Lipinski definition) is 2. The number of rotatable bonds is 4. The summed E-state index contributed by atoms with van der Waals surface area (Å²) in [5, 5.41) is 0. The molecule has 100 valence electrons.